The van der Waals surface area contributed by atoms with E-state index in [0.717, 1.165) is 72.5 Å². The number of hydrogen-bond acceptors (Lipinski definition) is 8. The Morgan fingerprint density at radius 3 is 2.66 bits per heavy atom. The van der Waals surface area contributed by atoms with Crippen LogP contribution in [-0.2, 0) is 11.8 Å². The number of anilines is 1. The number of rotatable bonds is 4. The molecule has 4 aromatic rings. The van der Waals surface area contributed by atoms with Gasteiger partial charge in [0.05, 0.1) is 22.9 Å². The van der Waals surface area contributed by atoms with Crippen molar-refractivity contribution in [2.45, 2.75) is 71.3 Å². The Hall–Kier alpha value is -3.37. The topological polar surface area (TPSA) is 94.2 Å². The summed E-state index contributed by atoms with van der Waals surface area (Å²) >= 11 is 0. The Morgan fingerprint density at radius 1 is 1.03 bits per heavy atom. The standard InChI is InChI=1S/C28H36N8O2/c1-17-13-29-22-10-9-21(12-23(22)31-17)20(4)34-15-19(3)35(16-18(34)2)27-26-24(14-30-28(37)33(26)5)32-36(27)25-8-6-7-11-38-25/h9-10,12-14,18-20,25H,6-8,11,15-16H2,1-5H3/t18-,19+,20+,25?/m1/s1. The van der Waals surface area contributed by atoms with Gasteiger partial charge in [0.25, 0.3) is 0 Å². The quantitative estimate of drug-likeness (QED) is 0.405. The molecule has 0 N–H and O–H groups in total. The summed E-state index contributed by atoms with van der Waals surface area (Å²) in [6.45, 7) is 11.2. The maximum atomic E-state index is 12.6. The first-order chi connectivity index (χ1) is 18.3. The van der Waals surface area contributed by atoms with Gasteiger partial charge in [-0.05, 0) is 64.7 Å². The first-order valence-corrected chi connectivity index (χ1v) is 13.6. The van der Waals surface area contributed by atoms with Crippen molar-refractivity contribution in [3.05, 3.63) is 52.3 Å². The minimum Gasteiger partial charge on any atom is -0.356 e. The van der Waals surface area contributed by atoms with Crippen molar-refractivity contribution in [3.8, 4) is 0 Å². The zero-order valence-electron chi connectivity index (χ0n) is 22.8. The maximum Gasteiger partial charge on any atom is 0.347 e. The molecule has 38 heavy (non-hydrogen) atoms. The van der Waals surface area contributed by atoms with Gasteiger partial charge in [0.15, 0.2) is 12.0 Å². The highest BCUT2D eigenvalue weighted by Crippen LogP contribution is 2.37. The van der Waals surface area contributed by atoms with Crippen LogP contribution in [0.2, 0.25) is 0 Å². The molecule has 1 unspecified atom stereocenters. The third kappa shape index (κ3) is 4.25. The van der Waals surface area contributed by atoms with Gasteiger partial charge in [0.1, 0.15) is 11.0 Å². The molecule has 10 heteroatoms. The van der Waals surface area contributed by atoms with Crippen LogP contribution in [0.15, 0.2) is 35.4 Å². The summed E-state index contributed by atoms with van der Waals surface area (Å²) in [4.78, 5) is 30.8. The SMILES string of the molecule is Cc1cnc2ccc([C@H](C)N3C[C@H](C)N(c4c5c(cnc(=O)n5C)nn4C4CCCCO4)C[C@H]3C)cc2n1. The molecule has 2 saturated heterocycles. The Bertz CT molecular complexity index is 1540. The third-order valence-electron chi connectivity index (χ3n) is 8.21. The van der Waals surface area contributed by atoms with Crippen molar-refractivity contribution in [1.82, 2.24) is 34.2 Å². The van der Waals surface area contributed by atoms with Crippen molar-refractivity contribution in [1.29, 1.82) is 0 Å². The summed E-state index contributed by atoms with van der Waals surface area (Å²) < 4.78 is 9.80. The lowest BCUT2D eigenvalue weighted by Crippen LogP contribution is -2.57. The Morgan fingerprint density at radius 2 is 1.87 bits per heavy atom. The number of fused-ring (bicyclic) bond motifs is 2. The van der Waals surface area contributed by atoms with E-state index < -0.39 is 0 Å². The Kier molecular flexibility index (Phi) is 6.39. The lowest BCUT2D eigenvalue weighted by Gasteiger charge is -2.48. The number of aryl methyl sites for hydroxylation is 2. The van der Waals surface area contributed by atoms with Gasteiger partial charge < -0.3 is 9.64 Å². The summed E-state index contributed by atoms with van der Waals surface area (Å²) in [5.41, 5.74) is 5.29. The third-order valence-corrected chi connectivity index (χ3v) is 8.21. The normalized spacial score (nSPS) is 23.8. The van der Waals surface area contributed by atoms with E-state index in [4.69, 9.17) is 14.8 Å². The summed E-state index contributed by atoms with van der Waals surface area (Å²) in [5.74, 6) is 0.956. The predicted octanol–water partition coefficient (Wildman–Crippen LogP) is 3.74. The first-order valence-electron chi connectivity index (χ1n) is 13.6. The highest BCUT2D eigenvalue weighted by Gasteiger charge is 2.36. The molecule has 0 bridgehead atoms. The second kappa shape index (κ2) is 9.74. The van der Waals surface area contributed by atoms with Gasteiger partial charge in [0, 0.05) is 51.1 Å². The van der Waals surface area contributed by atoms with Gasteiger partial charge in [-0.15, -0.1) is 0 Å². The Labute approximate surface area is 222 Å². The monoisotopic (exact) mass is 516 g/mol. The molecule has 2 aliphatic rings. The van der Waals surface area contributed by atoms with Gasteiger partial charge in [-0.1, -0.05) is 6.07 Å². The second-order valence-electron chi connectivity index (χ2n) is 10.9. The van der Waals surface area contributed by atoms with E-state index in [1.807, 2.05) is 17.8 Å². The fourth-order valence-electron chi connectivity index (χ4n) is 6.09. The van der Waals surface area contributed by atoms with E-state index >= 15 is 0 Å². The zero-order chi connectivity index (χ0) is 26.6. The van der Waals surface area contributed by atoms with Crippen LogP contribution < -0.4 is 10.6 Å². The summed E-state index contributed by atoms with van der Waals surface area (Å²) in [6.07, 6.45) is 6.35. The number of piperazine rings is 1. The average Bonchev–Trinajstić information content (AvgIpc) is 3.31. The van der Waals surface area contributed by atoms with Crippen LogP contribution in [0.4, 0.5) is 5.82 Å². The van der Waals surface area contributed by atoms with Crippen molar-refractivity contribution >= 4 is 27.9 Å². The van der Waals surface area contributed by atoms with Crippen molar-refractivity contribution < 1.29 is 4.74 Å². The van der Waals surface area contributed by atoms with Crippen LogP contribution in [0, 0.1) is 6.92 Å². The van der Waals surface area contributed by atoms with Crippen LogP contribution in [0.3, 0.4) is 0 Å². The molecule has 200 valence electrons. The van der Waals surface area contributed by atoms with Crippen molar-refractivity contribution in [3.63, 3.8) is 0 Å². The van der Waals surface area contributed by atoms with Gasteiger partial charge in [-0.3, -0.25) is 14.5 Å². The van der Waals surface area contributed by atoms with Crippen LogP contribution in [0.1, 0.15) is 63.6 Å². The first kappa shape index (κ1) is 24.9. The molecule has 0 spiro atoms. The maximum absolute atomic E-state index is 12.6. The molecule has 0 radical (unpaired) electrons. The fourth-order valence-corrected chi connectivity index (χ4v) is 6.09. The molecular formula is C28H36N8O2. The van der Waals surface area contributed by atoms with Crippen LogP contribution in [-0.4, -0.2) is 66.0 Å². The molecular weight excluding hydrogens is 480 g/mol. The van der Waals surface area contributed by atoms with Gasteiger partial charge in [-0.25, -0.2) is 14.5 Å². The molecule has 0 aliphatic carbocycles. The minimum atomic E-state index is -0.273. The van der Waals surface area contributed by atoms with Gasteiger partial charge >= 0.3 is 5.69 Å². The number of aromatic nitrogens is 6. The summed E-state index contributed by atoms with van der Waals surface area (Å²) in [6, 6.07) is 7.11. The highest BCUT2D eigenvalue weighted by molar-refractivity contribution is 5.87. The average molecular weight is 517 g/mol. The molecule has 10 nitrogen and oxygen atoms in total. The second-order valence-corrected chi connectivity index (χ2v) is 10.9. The molecule has 1 aromatic carbocycles. The van der Waals surface area contributed by atoms with E-state index in [0.29, 0.717) is 0 Å². The van der Waals surface area contributed by atoms with Gasteiger partial charge in [-0.2, -0.15) is 10.1 Å². The molecule has 3 aromatic heterocycles. The fraction of sp³-hybridized carbons (Fsp3) is 0.536. The number of ether oxygens (including phenoxy) is 1. The smallest absolute Gasteiger partial charge is 0.347 e. The number of nitrogens with zero attached hydrogens (tertiary/aromatic N) is 8. The molecule has 2 fully saturated rings. The number of hydrogen-bond donors (Lipinski definition) is 0. The summed E-state index contributed by atoms with van der Waals surface area (Å²) in [5, 5.41) is 4.91. The minimum absolute atomic E-state index is 0.136. The van der Waals surface area contributed by atoms with Crippen LogP contribution >= 0.6 is 0 Å². The zero-order valence-corrected chi connectivity index (χ0v) is 22.8. The van der Waals surface area contributed by atoms with E-state index in [9.17, 15) is 4.79 Å². The van der Waals surface area contributed by atoms with E-state index in [-0.39, 0.29) is 30.0 Å². The summed E-state index contributed by atoms with van der Waals surface area (Å²) in [7, 11) is 1.78. The molecule has 5 heterocycles. The highest BCUT2D eigenvalue weighted by atomic mass is 16.5. The predicted molar refractivity (Wildman–Crippen MR) is 147 cm³/mol. The molecule has 0 amide bonds. The van der Waals surface area contributed by atoms with Crippen molar-refractivity contribution in [2.24, 2.45) is 7.05 Å². The lowest BCUT2D eigenvalue weighted by atomic mass is 10.00. The Balaban J connectivity index is 1.34. The van der Waals surface area contributed by atoms with Crippen LogP contribution in [0.25, 0.3) is 22.1 Å². The van der Waals surface area contributed by atoms with Gasteiger partial charge in [0.2, 0.25) is 0 Å². The van der Waals surface area contributed by atoms with E-state index in [1.165, 1.54) is 5.56 Å². The number of benzene rings is 1. The molecule has 4 atom stereocenters. The lowest BCUT2D eigenvalue weighted by molar-refractivity contribution is -0.0386. The van der Waals surface area contributed by atoms with E-state index in [1.54, 1.807) is 17.8 Å². The molecule has 6 rings (SSSR count). The van der Waals surface area contributed by atoms with E-state index in [2.05, 4.69) is 58.7 Å². The van der Waals surface area contributed by atoms with Crippen LogP contribution in [0.5, 0.6) is 0 Å². The van der Waals surface area contributed by atoms with Crippen molar-refractivity contribution in [2.75, 3.05) is 24.6 Å². The molecule has 0 saturated carbocycles. The molecule has 2 aliphatic heterocycles. The largest absolute Gasteiger partial charge is 0.356 e.